The van der Waals surface area contributed by atoms with Crippen LogP contribution in [0.3, 0.4) is 0 Å². The zero-order valence-corrected chi connectivity index (χ0v) is 16.1. The highest BCUT2D eigenvalue weighted by atomic mass is 16.6. The van der Waals surface area contributed by atoms with Crippen molar-refractivity contribution in [3.8, 4) is 0 Å². The summed E-state index contributed by atoms with van der Waals surface area (Å²) < 4.78 is 6.83. The van der Waals surface area contributed by atoms with E-state index in [4.69, 9.17) is 4.74 Å². The standard InChI is InChI=1S/C18H24N6O4/c1-18(2,3)28-17(27)23-8-4-6-12(11-23)15(25)21-22-16(26)13-10-20-24-9-5-7-19-14(13)24/h5,7,9-10,12H,4,6,8,11H2,1-3H3,(H,21,25)(H,22,26)/t12-/m0/s1. The van der Waals surface area contributed by atoms with Gasteiger partial charge in [0.25, 0.3) is 5.91 Å². The second kappa shape index (κ2) is 7.83. The average Bonchev–Trinajstić information content (AvgIpc) is 3.09. The summed E-state index contributed by atoms with van der Waals surface area (Å²) in [6.45, 7) is 6.17. The van der Waals surface area contributed by atoms with Crippen LogP contribution in [-0.2, 0) is 9.53 Å². The van der Waals surface area contributed by atoms with Crippen molar-refractivity contribution in [2.75, 3.05) is 13.1 Å². The minimum atomic E-state index is -0.595. The van der Waals surface area contributed by atoms with Crippen molar-refractivity contribution in [3.63, 3.8) is 0 Å². The van der Waals surface area contributed by atoms with Gasteiger partial charge in [-0.05, 0) is 39.7 Å². The number of carbonyl (C=O) groups is 3. The van der Waals surface area contributed by atoms with Gasteiger partial charge < -0.3 is 9.64 Å². The Balaban J connectivity index is 1.55. The molecule has 1 atom stereocenters. The molecule has 2 aromatic heterocycles. The van der Waals surface area contributed by atoms with Crippen molar-refractivity contribution in [2.45, 2.75) is 39.2 Å². The fraction of sp³-hybridized carbons (Fsp3) is 0.500. The smallest absolute Gasteiger partial charge is 0.410 e. The normalized spacial score (nSPS) is 17.2. The Kier molecular flexibility index (Phi) is 5.48. The van der Waals surface area contributed by atoms with E-state index in [9.17, 15) is 14.4 Å². The third kappa shape index (κ3) is 4.56. The second-order valence-corrected chi connectivity index (χ2v) is 7.65. The summed E-state index contributed by atoms with van der Waals surface area (Å²) >= 11 is 0. The van der Waals surface area contributed by atoms with Crippen LogP contribution in [0.2, 0.25) is 0 Å². The summed E-state index contributed by atoms with van der Waals surface area (Å²) in [6, 6.07) is 1.70. The maximum Gasteiger partial charge on any atom is 0.410 e. The van der Waals surface area contributed by atoms with E-state index in [1.54, 1.807) is 39.2 Å². The number of amides is 3. The number of hydrogen-bond donors (Lipinski definition) is 2. The lowest BCUT2D eigenvalue weighted by atomic mass is 9.98. The number of ether oxygens (including phenoxy) is 1. The van der Waals surface area contributed by atoms with Gasteiger partial charge in [-0.25, -0.2) is 14.3 Å². The van der Waals surface area contributed by atoms with Crippen LogP contribution in [0.15, 0.2) is 24.7 Å². The number of likely N-dealkylation sites (tertiary alicyclic amines) is 1. The van der Waals surface area contributed by atoms with Gasteiger partial charge in [-0.15, -0.1) is 0 Å². The van der Waals surface area contributed by atoms with Gasteiger partial charge in [0.05, 0.1) is 12.1 Å². The molecule has 2 aromatic rings. The van der Waals surface area contributed by atoms with E-state index >= 15 is 0 Å². The number of hydrazine groups is 1. The predicted molar refractivity (Wildman–Crippen MR) is 99.1 cm³/mol. The van der Waals surface area contributed by atoms with Gasteiger partial charge in [-0.3, -0.25) is 20.4 Å². The molecule has 1 aliphatic rings. The molecule has 1 aliphatic heterocycles. The summed E-state index contributed by atoms with van der Waals surface area (Å²) in [5.74, 6) is -1.29. The van der Waals surface area contributed by atoms with Crippen LogP contribution in [-0.4, -0.2) is 56.1 Å². The van der Waals surface area contributed by atoms with Crippen LogP contribution < -0.4 is 10.9 Å². The molecule has 0 bridgehead atoms. The van der Waals surface area contributed by atoms with E-state index in [0.29, 0.717) is 25.0 Å². The van der Waals surface area contributed by atoms with Crippen molar-refractivity contribution in [2.24, 2.45) is 5.92 Å². The van der Waals surface area contributed by atoms with Gasteiger partial charge in [-0.1, -0.05) is 0 Å². The molecule has 10 heteroatoms. The van der Waals surface area contributed by atoms with E-state index in [1.165, 1.54) is 15.6 Å². The molecule has 0 saturated carbocycles. The highest BCUT2D eigenvalue weighted by Crippen LogP contribution is 2.19. The second-order valence-electron chi connectivity index (χ2n) is 7.65. The van der Waals surface area contributed by atoms with Gasteiger partial charge in [-0.2, -0.15) is 5.10 Å². The zero-order chi connectivity index (χ0) is 20.3. The third-order valence-electron chi connectivity index (χ3n) is 4.27. The number of carbonyl (C=O) groups excluding carboxylic acids is 3. The molecule has 3 heterocycles. The molecular formula is C18H24N6O4. The average molecular weight is 388 g/mol. The Bertz CT molecular complexity index is 888. The number of nitrogens with zero attached hydrogens (tertiary/aromatic N) is 4. The Morgan fingerprint density at radius 2 is 2.04 bits per heavy atom. The first-order valence-corrected chi connectivity index (χ1v) is 9.11. The molecule has 1 fully saturated rings. The molecular weight excluding hydrogens is 364 g/mol. The van der Waals surface area contributed by atoms with E-state index < -0.39 is 23.5 Å². The molecule has 0 aromatic carbocycles. The predicted octanol–water partition coefficient (Wildman–Crippen LogP) is 1.14. The topological polar surface area (TPSA) is 118 Å². The molecule has 1 saturated heterocycles. The lowest BCUT2D eigenvalue weighted by Gasteiger charge is -2.33. The summed E-state index contributed by atoms with van der Waals surface area (Å²) in [6.07, 6.45) is 5.48. The van der Waals surface area contributed by atoms with Gasteiger partial charge in [0, 0.05) is 25.5 Å². The van der Waals surface area contributed by atoms with Crippen molar-refractivity contribution in [3.05, 3.63) is 30.2 Å². The fourth-order valence-corrected chi connectivity index (χ4v) is 2.96. The van der Waals surface area contributed by atoms with E-state index in [2.05, 4.69) is 20.9 Å². The van der Waals surface area contributed by atoms with Crippen LogP contribution in [0.25, 0.3) is 5.65 Å². The molecule has 2 N–H and O–H groups in total. The molecule has 0 aliphatic carbocycles. The van der Waals surface area contributed by atoms with E-state index in [0.717, 1.165) is 0 Å². The Morgan fingerprint density at radius 1 is 1.25 bits per heavy atom. The summed E-state index contributed by atoms with van der Waals surface area (Å²) in [5.41, 5.74) is 4.87. The molecule has 3 amide bonds. The van der Waals surface area contributed by atoms with Crippen molar-refractivity contribution < 1.29 is 19.1 Å². The molecule has 0 radical (unpaired) electrons. The number of aromatic nitrogens is 3. The maximum absolute atomic E-state index is 12.4. The van der Waals surface area contributed by atoms with Crippen molar-refractivity contribution in [1.29, 1.82) is 0 Å². The van der Waals surface area contributed by atoms with Gasteiger partial charge in [0.2, 0.25) is 5.91 Å². The first-order valence-electron chi connectivity index (χ1n) is 9.11. The van der Waals surface area contributed by atoms with E-state index in [1.807, 2.05) is 0 Å². The lowest BCUT2D eigenvalue weighted by molar-refractivity contribution is -0.127. The van der Waals surface area contributed by atoms with Crippen LogP contribution in [0.5, 0.6) is 0 Å². The van der Waals surface area contributed by atoms with Crippen LogP contribution in [0, 0.1) is 5.92 Å². The molecule has 0 spiro atoms. The Labute approximate surface area is 162 Å². The van der Waals surface area contributed by atoms with Crippen molar-refractivity contribution >= 4 is 23.6 Å². The lowest BCUT2D eigenvalue weighted by Crippen LogP contribution is -2.50. The number of rotatable bonds is 2. The number of fused-ring (bicyclic) bond motifs is 1. The fourth-order valence-electron chi connectivity index (χ4n) is 2.96. The third-order valence-corrected chi connectivity index (χ3v) is 4.27. The van der Waals surface area contributed by atoms with Gasteiger partial charge >= 0.3 is 6.09 Å². The van der Waals surface area contributed by atoms with Crippen LogP contribution in [0.1, 0.15) is 44.0 Å². The monoisotopic (exact) mass is 388 g/mol. The zero-order valence-electron chi connectivity index (χ0n) is 16.1. The molecule has 150 valence electrons. The molecule has 0 unspecified atom stereocenters. The number of nitrogens with one attached hydrogen (secondary N) is 2. The number of hydrogen-bond acceptors (Lipinski definition) is 6. The van der Waals surface area contributed by atoms with Gasteiger partial charge in [0.1, 0.15) is 11.2 Å². The minimum absolute atomic E-state index is 0.245. The highest BCUT2D eigenvalue weighted by Gasteiger charge is 2.31. The van der Waals surface area contributed by atoms with Crippen LogP contribution >= 0.6 is 0 Å². The molecule has 28 heavy (non-hydrogen) atoms. The minimum Gasteiger partial charge on any atom is -0.444 e. The SMILES string of the molecule is CC(C)(C)OC(=O)N1CCC[C@H](C(=O)NNC(=O)c2cnn3cccnc23)C1. The summed E-state index contributed by atoms with van der Waals surface area (Å²) in [5, 5.41) is 4.04. The first-order chi connectivity index (χ1) is 13.2. The first kappa shape index (κ1) is 19.6. The molecule has 3 rings (SSSR count). The summed E-state index contributed by atoms with van der Waals surface area (Å²) in [7, 11) is 0. The Hall–Kier alpha value is -3.17. The maximum atomic E-state index is 12.4. The van der Waals surface area contributed by atoms with E-state index in [-0.39, 0.29) is 18.0 Å². The number of piperidine rings is 1. The summed E-state index contributed by atoms with van der Waals surface area (Å²) in [4.78, 5) is 42.6. The van der Waals surface area contributed by atoms with Gasteiger partial charge in [0.15, 0.2) is 5.65 Å². The Morgan fingerprint density at radius 3 is 2.79 bits per heavy atom. The molecule has 10 nitrogen and oxygen atoms in total. The van der Waals surface area contributed by atoms with Crippen LogP contribution in [0.4, 0.5) is 4.79 Å². The van der Waals surface area contributed by atoms with Crippen molar-refractivity contribution in [1.82, 2.24) is 30.3 Å². The highest BCUT2D eigenvalue weighted by molar-refractivity contribution is 6.00. The largest absolute Gasteiger partial charge is 0.444 e. The quantitative estimate of drug-likeness (QED) is 0.745.